The number of nitrogens with zero attached hydrogens (tertiary/aromatic N) is 1. The third kappa shape index (κ3) is 2.25. The highest BCUT2D eigenvalue weighted by atomic mass is 35.5. The van der Waals surface area contributed by atoms with Gasteiger partial charge in [0, 0.05) is 0 Å². The Kier molecular flexibility index (Phi) is 3.05. The molecule has 3 aromatic rings. The molecule has 0 fully saturated rings. The lowest BCUT2D eigenvalue weighted by Crippen LogP contribution is -1.87. The second-order valence-electron chi connectivity index (χ2n) is 4.24. The number of benzene rings is 1. The summed E-state index contributed by atoms with van der Waals surface area (Å²) in [6.45, 7) is 2.04. The topological polar surface area (TPSA) is 52.0 Å². The summed E-state index contributed by atoms with van der Waals surface area (Å²) in [6.07, 6.45) is 0. The Balaban J connectivity index is 2.19. The molecule has 0 aliphatic carbocycles. The number of hydrogen-bond donors (Lipinski definition) is 1. The SMILES string of the molecule is Cc1cccc(-c2c(-c3ccc(Cl)s3)noc2N)c1. The van der Waals surface area contributed by atoms with Crippen LogP contribution >= 0.6 is 22.9 Å². The van der Waals surface area contributed by atoms with Crippen LogP contribution in [0.15, 0.2) is 40.9 Å². The van der Waals surface area contributed by atoms with Gasteiger partial charge in [-0.2, -0.15) is 0 Å². The molecule has 2 aromatic heterocycles. The molecule has 2 N–H and O–H groups in total. The highest BCUT2D eigenvalue weighted by Gasteiger charge is 2.18. The number of rotatable bonds is 2. The molecular weight excluding hydrogens is 280 g/mol. The summed E-state index contributed by atoms with van der Waals surface area (Å²) < 4.78 is 5.86. The van der Waals surface area contributed by atoms with Crippen LogP contribution in [0.3, 0.4) is 0 Å². The summed E-state index contributed by atoms with van der Waals surface area (Å²) in [4.78, 5) is 0.946. The van der Waals surface area contributed by atoms with Crippen LogP contribution in [-0.2, 0) is 0 Å². The van der Waals surface area contributed by atoms with Crippen molar-refractivity contribution in [3.05, 3.63) is 46.3 Å². The van der Waals surface area contributed by atoms with E-state index in [-0.39, 0.29) is 0 Å². The lowest BCUT2D eigenvalue weighted by Gasteiger charge is -2.02. The predicted molar refractivity (Wildman–Crippen MR) is 79.4 cm³/mol. The van der Waals surface area contributed by atoms with Crippen molar-refractivity contribution in [1.82, 2.24) is 5.16 Å². The molecule has 0 spiro atoms. The maximum absolute atomic E-state index is 5.97. The molecule has 0 aliphatic heterocycles. The Morgan fingerprint density at radius 2 is 2.11 bits per heavy atom. The van der Waals surface area contributed by atoms with Crippen molar-refractivity contribution in [2.24, 2.45) is 0 Å². The lowest BCUT2D eigenvalue weighted by molar-refractivity contribution is 0.439. The number of nitrogen functional groups attached to an aromatic ring is 1. The van der Waals surface area contributed by atoms with E-state index in [0.717, 1.165) is 27.3 Å². The van der Waals surface area contributed by atoms with Gasteiger partial charge < -0.3 is 10.3 Å². The first kappa shape index (κ1) is 12.3. The van der Waals surface area contributed by atoms with E-state index in [4.69, 9.17) is 21.9 Å². The Bertz CT molecular complexity index is 733. The van der Waals surface area contributed by atoms with Gasteiger partial charge in [-0.05, 0) is 24.6 Å². The van der Waals surface area contributed by atoms with Gasteiger partial charge in [0.25, 0.3) is 0 Å². The Labute approximate surface area is 119 Å². The van der Waals surface area contributed by atoms with Gasteiger partial charge >= 0.3 is 0 Å². The van der Waals surface area contributed by atoms with E-state index >= 15 is 0 Å². The van der Waals surface area contributed by atoms with Gasteiger partial charge in [-0.15, -0.1) is 11.3 Å². The summed E-state index contributed by atoms with van der Waals surface area (Å²) in [6, 6.07) is 11.8. The highest BCUT2D eigenvalue weighted by Crippen LogP contribution is 2.40. The predicted octanol–water partition coefficient (Wildman–Crippen LogP) is 4.61. The zero-order chi connectivity index (χ0) is 13.4. The van der Waals surface area contributed by atoms with E-state index in [2.05, 4.69) is 11.2 Å². The van der Waals surface area contributed by atoms with E-state index in [0.29, 0.717) is 10.2 Å². The molecule has 0 saturated heterocycles. The standard InChI is InChI=1S/C14H11ClN2OS/c1-8-3-2-4-9(7-8)12-13(17-18-14(12)16)10-5-6-11(15)19-10/h2-7H,16H2,1H3. The zero-order valence-electron chi connectivity index (χ0n) is 10.2. The fourth-order valence-electron chi connectivity index (χ4n) is 1.99. The molecule has 0 unspecified atom stereocenters. The molecule has 0 aliphatic rings. The number of anilines is 1. The molecule has 19 heavy (non-hydrogen) atoms. The van der Waals surface area contributed by atoms with E-state index in [1.807, 2.05) is 37.3 Å². The van der Waals surface area contributed by atoms with Crippen LogP contribution in [0.5, 0.6) is 0 Å². The van der Waals surface area contributed by atoms with Gasteiger partial charge in [0.05, 0.1) is 14.8 Å². The molecule has 0 saturated carbocycles. The quantitative estimate of drug-likeness (QED) is 0.749. The molecule has 2 heterocycles. The molecule has 3 rings (SSSR count). The van der Waals surface area contributed by atoms with Crippen LogP contribution in [0.25, 0.3) is 21.7 Å². The van der Waals surface area contributed by atoms with Gasteiger partial charge in [-0.3, -0.25) is 0 Å². The van der Waals surface area contributed by atoms with Crippen molar-refractivity contribution in [1.29, 1.82) is 0 Å². The average molecular weight is 291 g/mol. The van der Waals surface area contributed by atoms with E-state index in [1.165, 1.54) is 11.3 Å². The summed E-state index contributed by atoms with van der Waals surface area (Å²) in [5.74, 6) is 0.324. The summed E-state index contributed by atoms with van der Waals surface area (Å²) in [7, 11) is 0. The molecule has 1 aromatic carbocycles. The smallest absolute Gasteiger partial charge is 0.230 e. The molecule has 0 radical (unpaired) electrons. The van der Waals surface area contributed by atoms with Crippen molar-refractivity contribution in [3.63, 3.8) is 0 Å². The summed E-state index contributed by atoms with van der Waals surface area (Å²) in [5.41, 5.74) is 9.63. The van der Waals surface area contributed by atoms with E-state index < -0.39 is 0 Å². The highest BCUT2D eigenvalue weighted by molar-refractivity contribution is 7.19. The van der Waals surface area contributed by atoms with Gasteiger partial charge in [0.1, 0.15) is 5.69 Å². The lowest BCUT2D eigenvalue weighted by atomic mass is 10.0. The van der Waals surface area contributed by atoms with E-state index in [9.17, 15) is 0 Å². The second-order valence-corrected chi connectivity index (χ2v) is 5.96. The Morgan fingerprint density at radius 3 is 2.79 bits per heavy atom. The summed E-state index contributed by atoms with van der Waals surface area (Å²) >= 11 is 7.42. The Hall–Kier alpha value is -1.78. The molecular formula is C14H11ClN2OS. The molecule has 0 atom stereocenters. The third-order valence-electron chi connectivity index (χ3n) is 2.83. The average Bonchev–Trinajstić information content (AvgIpc) is 2.95. The Morgan fingerprint density at radius 1 is 1.26 bits per heavy atom. The number of aromatic nitrogens is 1. The second kappa shape index (κ2) is 4.72. The fourth-order valence-corrected chi connectivity index (χ4v) is 3.02. The molecule has 0 bridgehead atoms. The van der Waals surface area contributed by atoms with Crippen molar-refractivity contribution < 1.29 is 4.52 Å². The molecule has 0 amide bonds. The van der Waals surface area contributed by atoms with Crippen LogP contribution in [-0.4, -0.2) is 5.16 Å². The number of aryl methyl sites for hydroxylation is 1. The number of thiophene rings is 1. The minimum atomic E-state index is 0.324. The number of hydrogen-bond acceptors (Lipinski definition) is 4. The van der Waals surface area contributed by atoms with Crippen molar-refractivity contribution in [2.75, 3.05) is 5.73 Å². The zero-order valence-corrected chi connectivity index (χ0v) is 11.8. The van der Waals surface area contributed by atoms with Gasteiger partial charge in [0.2, 0.25) is 5.88 Å². The van der Waals surface area contributed by atoms with Crippen LogP contribution in [0.2, 0.25) is 4.34 Å². The van der Waals surface area contributed by atoms with E-state index in [1.54, 1.807) is 0 Å². The fraction of sp³-hybridized carbons (Fsp3) is 0.0714. The molecule has 96 valence electrons. The van der Waals surface area contributed by atoms with Crippen LogP contribution < -0.4 is 5.73 Å². The first-order valence-electron chi connectivity index (χ1n) is 5.73. The molecule has 3 nitrogen and oxygen atoms in total. The monoisotopic (exact) mass is 290 g/mol. The van der Waals surface area contributed by atoms with Crippen LogP contribution in [0, 0.1) is 6.92 Å². The summed E-state index contributed by atoms with van der Waals surface area (Å²) in [5, 5.41) is 4.06. The van der Waals surface area contributed by atoms with Crippen molar-refractivity contribution >= 4 is 28.8 Å². The van der Waals surface area contributed by atoms with Crippen LogP contribution in [0.4, 0.5) is 5.88 Å². The largest absolute Gasteiger partial charge is 0.367 e. The van der Waals surface area contributed by atoms with Crippen molar-refractivity contribution in [2.45, 2.75) is 6.92 Å². The normalized spacial score (nSPS) is 10.8. The number of halogens is 1. The van der Waals surface area contributed by atoms with Gasteiger partial charge in [-0.1, -0.05) is 46.6 Å². The first-order valence-corrected chi connectivity index (χ1v) is 6.92. The molecule has 5 heteroatoms. The van der Waals surface area contributed by atoms with Crippen LogP contribution in [0.1, 0.15) is 5.56 Å². The number of nitrogens with two attached hydrogens (primary N) is 1. The minimum absolute atomic E-state index is 0.324. The van der Waals surface area contributed by atoms with Crippen molar-refractivity contribution in [3.8, 4) is 21.7 Å². The minimum Gasteiger partial charge on any atom is -0.367 e. The first-order chi connectivity index (χ1) is 9.15. The maximum atomic E-state index is 5.97. The van der Waals surface area contributed by atoms with Gasteiger partial charge in [-0.25, -0.2) is 0 Å². The third-order valence-corrected chi connectivity index (χ3v) is 4.07. The van der Waals surface area contributed by atoms with Gasteiger partial charge in [0.15, 0.2) is 0 Å². The maximum Gasteiger partial charge on any atom is 0.230 e.